The van der Waals surface area contributed by atoms with Gasteiger partial charge in [0.15, 0.2) is 0 Å². The zero-order chi connectivity index (χ0) is 8.10. The molecule has 1 heterocycles. The third kappa shape index (κ3) is 3.04. The van der Waals surface area contributed by atoms with Crippen LogP contribution in [-0.2, 0) is 0 Å². The second-order valence-electron chi connectivity index (χ2n) is 3.28. The molecule has 2 nitrogen and oxygen atoms in total. The molecule has 0 aromatic heterocycles. The number of nitrogens with zero attached hydrogens (tertiary/aromatic N) is 1. The van der Waals surface area contributed by atoms with Crippen molar-refractivity contribution < 1.29 is 0 Å². The van der Waals surface area contributed by atoms with Crippen LogP contribution < -0.4 is 5.32 Å². The van der Waals surface area contributed by atoms with Crippen LogP contribution in [-0.4, -0.2) is 37.6 Å². The van der Waals surface area contributed by atoms with Gasteiger partial charge in [0.1, 0.15) is 0 Å². The van der Waals surface area contributed by atoms with Crippen LogP contribution in [0.2, 0.25) is 0 Å². The molecule has 11 heavy (non-hydrogen) atoms. The van der Waals surface area contributed by atoms with E-state index in [0.29, 0.717) is 0 Å². The van der Waals surface area contributed by atoms with Gasteiger partial charge < -0.3 is 10.2 Å². The van der Waals surface area contributed by atoms with Gasteiger partial charge in [-0.25, -0.2) is 0 Å². The molecule has 1 aliphatic heterocycles. The minimum Gasteiger partial charge on any atom is -0.312 e. The summed E-state index contributed by atoms with van der Waals surface area (Å²) in [7, 11) is 2.18. The Morgan fingerprint density at radius 2 is 2.55 bits per heavy atom. The van der Waals surface area contributed by atoms with E-state index in [-0.39, 0.29) is 0 Å². The van der Waals surface area contributed by atoms with E-state index in [4.69, 9.17) is 0 Å². The Labute approximate surface area is 69.3 Å². The lowest BCUT2D eigenvalue weighted by Gasteiger charge is -2.11. The van der Waals surface area contributed by atoms with Crippen LogP contribution in [0.1, 0.15) is 12.8 Å². The van der Waals surface area contributed by atoms with E-state index in [1.807, 2.05) is 6.08 Å². The first-order valence-corrected chi connectivity index (χ1v) is 4.35. The van der Waals surface area contributed by atoms with Gasteiger partial charge in [-0.05, 0) is 33.0 Å². The Hall–Kier alpha value is -0.340. The van der Waals surface area contributed by atoms with Gasteiger partial charge in [-0.3, -0.25) is 0 Å². The van der Waals surface area contributed by atoms with E-state index in [2.05, 4.69) is 23.8 Å². The molecule has 1 atom stereocenters. The van der Waals surface area contributed by atoms with Gasteiger partial charge >= 0.3 is 0 Å². The summed E-state index contributed by atoms with van der Waals surface area (Å²) in [4.78, 5) is 2.37. The summed E-state index contributed by atoms with van der Waals surface area (Å²) < 4.78 is 0. The molecule has 1 fully saturated rings. The molecular weight excluding hydrogens is 136 g/mol. The predicted molar refractivity (Wildman–Crippen MR) is 48.7 cm³/mol. The van der Waals surface area contributed by atoms with Gasteiger partial charge in [-0.1, -0.05) is 6.08 Å². The number of likely N-dealkylation sites (tertiary alicyclic amines) is 1. The van der Waals surface area contributed by atoms with Crippen LogP contribution in [0.25, 0.3) is 0 Å². The van der Waals surface area contributed by atoms with Crippen LogP contribution >= 0.6 is 0 Å². The number of hydrogen-bond acceptors (Lipinski definition) is 2. The Bertz CT molecular complexity index is 123. The van der Waals surface area contributed by atoms with E-state index in [1.165, 1.54) is 19.5 Å². The van der Waals surface area contributed by atoms with E-state index < -0.39 is 0 Å². The van der Waals surface area contributed by atoms with Crippen molar-refractivity contribution in [3.8, 4) is 0 Å². The van der Waals surface area contributed by atoms with Gasteiger partial charge in [-0.15, -0.1) is 6.58 Å². The summed E-state index contributed by atoms with van der Waals surface area (Å²) in [5.74, 6) is 0. The van der Waals surface area contributed by atoms with E-state index >= 15 is 0 Å². The van der Waals surface area contributed by atoms with Crippen LogP contribution in [0.15, 0.2) is 12.7 Å². The Kier molecular flexibility index (Phi) is 3.60. The lowest BCUT2D eigenvalue weighted by Crippen LogP contribution is -2.31. The third-order valence-corrected chi connectivity index (χ3v) is 2.17. The molecule has 0 saturated carbocycles. The molecule has 1 saturated heterocycles. The maximum absolute atomic E-state index is 3.69. The van der Waals surface area contributed by atoms with E-state index in [0.717, 1.165) is 19.0 Å². The SMILES string of the molecule is C=CCCN[C@H]1CCN(C)C1. The van der Waals surface area contributed by atoms with E-state index in [9.17, 15) is 0 Å². The first-order chi connectivity index (χ1) is 5.33. The summed E-state index contributed by atoms with van der Waals surface area (Å²) in [6.07, 6.45) is 4.35. The van der Waals surface area contributed by atoms with Crippen LogP contribution in [0.4, 0.5) is 0 Å². The fourth-order valence-electron chi connectivity index (χ4n) is 1.49. The third-order valence-electron chi connectivity index (χ3n) is 2.17. The lowest BCUT2D eigenvalue weighted by atomic mass is 10.2. The molecule has 0 aromatic rings. The number of hydrogen-bond donors (Lipinski definition) is 1. The fraction of sp³-hybridized carbons (Fsp3) is 0.778. The molecule has 0 radical (unpaired) electrons. The van der Waals surface area contributed by atoms with Crippen molar-refractivity contribution in [2.75, 3.05) is 26.7 Å². The maximum Gasteiger partial charge on any atom is 0.0207 e. The topological polar surface area (TPSA) is 15.3 Å². The van der Waals surface area contributed by atoms with Crippen molar-refractivity contribution in [1.82, 2.24) is 10.2 Å². The zero-order valence-corrected chi connectivity index (χ0v) is 7.34. The minimum atomic E-state index is 0.722. The highest BCUT2D eigenvalue weighted by molar-refractivity contribution is 4.79. The normalized spacial score (nSPS) is 25.7. The van der Waals surface area contributed by atoms with Crippen molar-refractivity contribution in [2.45, 2.75) is 18.9 Å². The van der Waals surface area contributed by atoms with Crippen molar-refractivity contribution in [3.05, 3.63) is 12.7 Å². The van der Waals surface area contributed by atoms with Crippen LogP contribution in [0, 0.1) is 0 Å². The monoisotopic (exact) mass is 154 g/mol. The number of likely N-dealkylation sites (N-methyl/N-ethyl adjacent to an activating group) is 1. The number of nitrogens with one attached hydrogen (secondary N) is 1. The second kappa shape index (κ2) is 4.52. The first-order valence-electron chi connectivity index (χ1n) is 4.35. The highest BCUT2D eigenvalue weighted by Gasteiger charge is 2.17. The van der Waals surface area contributed by atoms with Gasteiger partial charge in [0.05, 0.1) is 0 Å². The van der Waals surface area contributed by atoms with Gasteiger partial charge in [-0.2, -0.15) is 0 Å². The molecule has 0 aliphatic carbocycles. The first kappa shape index (κ1) is 8.75. The summed E-state index contributed by atoms with van der Waals surface area (Å²) >= 11 is 0. The highest BCUT2D eigenvalue weighted by Crippen LogP contribution is 2.05. The molecule has 0 spiro atoms. The Balaban J connectivity index is 2.03. The number of rotatable bonds is 4. The zero-order valence-electron chi connectivity index (χ0n) is 7.34. The molecule has 0 aromatic carbocycles. The second-order valence-corrected chi connectivity index (χ2v) is 3.28. The lowest BCUT2D eigenvalue weighted by molar-refractivity contribution is 0.399. The van der Waals surface area contributed by atoms with Crippen LogP contribution in [0.5, 0.6) is 0 Å². The molecular formula is C9H18N2. The minimum absolute atomic E-state index is 0.722. The smallest absolute Gasteiger partial charge is 0.0207 e. The molecule has 1 aliphatic rings. The molecule has 2 heteroatoms. The van der Waals surface area contributed by atoms with Crippen molar-refractivity contribution in [3.63, 3.8) is 0 Å². The maximum atomic E-state index is 3.69. The van der Waals surface area contributed by atoms with Gasteiger partial charge in [0.2, 0.25) is 0 Å². The molecule has 1 rings (SSSR count). The molecule has 0 bridgehead atoms. The molecule has 0 unspecified atom stereocenters. The predicted octanol–water partition coefficient (Wildman–Crippen LogP) is 0.856. The largest absolute Gasteiger partial charge is 0.312 e. The summed E-state index contributed by atoms with van der Waals surface area (Å²) in [5.41, 5.74) is 0. The molecule has 1 N–H and O–H groups in total. The average Bonchev–Trinajstić information content (AvgIpc) is 2.37. The quantitative estimate of drug-likeness (QED) is 0.477. The standard InChI is InChI=1S/C9H18N2/c1-3-4-6-10-9-5-7-11(2)8-9/h3,9-10H,1,4-8H2,2H3/t9-/m0/s1. The average molecular weight is 154 g/mol. The van der Waals surface area contributed by atoms with Gasteiger partial charge in [0, 0.05) is 12.6 Å². The summed E-state index contributed by atoms with van der Waals surface area (Å²) in [6, 6.07) is 0.722. The van der Waals surface area contributed by atoms with E-state index in [1.54, 1.807) is 0 Å². The van der Waals surface area contributed by atoms with Gasteiger partial charge in [0.25, 0.3) is 0 Å². The fourth-order valence-corrected chi connectivity index (χ4v) is 1.49. The van der Waals surface area contributed by atoms with Crippen molar-refractivity contribution in [1.29, 1.82) is 0 Å². The summed E-state index contributed by atoms with van der Waals surface area (Å²) in [5, 5.41) is 3.50. The molecule has 0 amide bonds. The Morgan fingerprint density at radius 3 is 3.09 bits per heavy atom. The Morgan fingerprint density at radius 1 is 1.73 bits per heavy atom. The van der Waals surface area contributed by atoms with Crippen molar-refractivity contribution >= 4 is 0 Å². The highest BCUT2D eigenvalue weighted by atomic mass is 15.2. The van der Waals surface area contributed by atoms with Crippen LogP contribution in [0.3, 0.4) is 0 Å². The summed E-state index contributed by atoms with van der Waals surface area (Å²) in [6.45, 7) is 7.22. The molecule has 64 valence electrons. The van der Waals surface area contributed by atoms with Crippen molar-refractivity contribution in [2.24, 2.45) is 0 Å².